The number of aromatic nitrogens is 9. The van der Waals surface area contributed by atoms with Crippen molar-refractivity contribution in [2.75, 3.05) is 83.5 Å². The number of carbonyl (C=O) groups excluding carboxylic acids is 3. The van der Waals surface area contributed by atoms with Crippen LogP contribution < -0.4 is 37.3 Å². The highest BCUT2D eigenvalue weighted by atomic mass is 16.5. The van der Waals surface area contributed by atoms with Gasteiger partial charge in [-0.25, -0.2) is 14.2 Å². The Kier molecular flexibility index (Phi) is 17.2. The monoisotopic (exact) mass is 990 g/mol. The van der Waals surface area contributed by atoms with E-state index in [1.807, 2.05) is 66.2 Å². The molecule has 382 valence electrons. The molecule has 4 aromatic heterocycles. The summed E-state index contributed by atoms with van der Waals surface area (Å²) in [7, 11) is 0. The second kappa shape index (κ2) is 24.5. The van der Waals surface area contributed by atoms with Gasteiger partial charge in [0.25, 0.3) is 5.91 Å². The van der Waals surface area contributed by atoms with Gasteiger partial charge < -0.3 is 55.7 Å². The Morgan fingerprint density at radius 3 is 2.36 bits per heavy atom. The fourth-order valence-corrected chi connectivity index (χ4v) is 8.72. The first kappa shape index (κ1) is 50.7. The zero-order valence-electron chi connectivity index (χ0n) is 40.4. The normalized spacial score (nSPS) is 14.7. The molecule has 2 aliphatic heterocycles. The third-order valence-corrected chi connectivity index (χ3v) is 12.4. The quantitative estimate of drug-likeness (QED) is 0.0383. The van der Waals surface area contributed by atoms with E-state index in [1.165, 1.54) is 4.57 Å². The number of nitrogen functional groups attached to an aromatic ring is 1. The summed E-state index contributed by atoms with van der Waals surface area (Å²) < 4.78 is 33.4. The molecule has 2 aromatic carbocycles. The van der Waals surface area contributed by atoms with Crippen LogP contribution in [0.4, 0.5) is 11.6 Å². The largest absolute Gasteiger partial charge is 0.463 e. The number of nitrogens with zero attached hydrogens (tertiary/aromatic N) is 9. The van der Waals surface area contributed by atoms with Gasteiger partial charge >= 0.3 is 11.7 Å². The number of ether oxygens (including phenoxy) is 5. The molecule has 72 heavy (non-hydrogen) atoms. The minimum Gasteiger partial charge on any atom is -0.463 e. The summed E-state index contributed by atoms with van der Waals surface area (Å²) in [6, 6.07) is 17.0. The molecule has 0 saturated carbocycles. The van der Waals surface area contributed by atoms with Crippen LogP contribution in [0.15, 0.2) is 77.7 Å². The molecule has 1 atom stereocenters. The highest BCUT2D eigenvalue weighted by molar-refractivity contribution is 6.04. The number of unbranched alkanes of at least 4 members (excludes halogenated alkanes) is 1. The number of hydrogen-bond donors (Lipinski definition) is 5. The predicted octanol–water partition coefficient (Wildman–Crippen LogP) is 3.68. The van der Waals surface area contributed by atoms with Gasteiger partial charge in [0, 0.05) is 37.3 Å². The maximum Gasteiger partial charge on any atom is 0.328 e. The fourth-order valence-electron chi connectivity index (χ4n) is 8.72. The van der Waals surface area contributed by atoms with Gasteiger partial charge in [0.15, 0.2) is 11.5 Å². The zero-order valence-corrected chi connectivity index (χ0v) is 40.4. The third-order valence-electron chi connectivity index (χ3n) is 12.4. The van der Waals surface area contributed by atoms with Crippen molar-refractivity contribution in [3.05, 3.63) is 94.7 Å². The van der Waals surface area contributed by atoms with Gasteiger partial charge in [-0.15, -0.1) is 5.10 Å². The molecule has 2 aliphatic rings. The average molecular weight is 991 g/mol. The number of H-pyrrole nitrogens is 1. The van der Waals surface area contributed by atoms with Gasteiger partial charge in [-0.05, 0) is 68.0 Å². The summed E-state index contributed by atoms with van der Waals surface area (Å²) in [6.45, 7) is 11.0. The van der Waals surface area contributed by atoms with E-state index in [1.54, 1.807) is 15.8 Å². The third kappa shape index (κ3) is 12.8. The van der Waals surface area contributed by atoms with Crippen LogP contribution in [-0.2, 0) is 36.9 Å². The van der Waals surface area contributed by atoms with Crippen molar-refractivity contribution in [3.63, 3.8) is 0 Å². The van der Waals surface area contributed by atoms with Crippen LogP contribution in [0.25, 0.3) is 22.4 Å². The van der Waals surface area contributed by atoms with Gasteiger partial charge in [0.05, 0.1) is 78.0 Å². The number of amides is 3. The summed E-state index contributed by atoms with van der Waals surface area (Å²) in [5.74, 6) is 1.20. The molecule has 0 spiro atoms. The number of primary amides is 1. The van der Waals surface area contributed by atoms with E-state index in [0.717, 1.165) is 43.4 Å². The SMILES string of the molecule is C=C(CC(=O)NCCOCCOCCOCCn1cc(Cn2c(=O)[nH]c3c(N)nc(OCCCC)nc32)nn1)C(=O)N1CCC(C2CCNc3c(C(N)=O)c(-c4ccc(Oc5ccccc5)cc4)nn32)CC1. The lowest BCUT2D eigenvalue weighted by Gasteiger charge is -2.38. The van der Waals surface area contributed by atoms with Crippen LogP contribution in [-0.4, -0.2) is 139 Å². The van der Waals surface area contributed by atoms with E-state index in [2.05, 4.69) is 42.5 Å². The van der Waals surface area contributed by atoms with Crippen molar-refractivity contribution in [2.24, 2.45) is 11.7 Å². The highest BCUT2D eigenvalue weighted by Gasteiger charge is 2.36. The van der Waals surface area contributed by atoms with E-state index >= 15 is 0 Å². The fraction of sp³-hybridized carbons (Fsp3) is 0.449. The lowest BCUT2D eigenvalue weighted by Crippen LogP contribution is -2.42. The zero-order chi connectivity index (χ0) is 50.4. The van der Waals surface area contributed by atoms with Gasteiger partial charge in [-0.1, -0.05) is 43.3 Å². The molecular weight excluding hydrogens is 929 g/mol. The maximum absolute atomic E-state index is 13.4. The molecule has 0 aliphatic carbocycles. The van der Waals surface area contributed by atoms with Gasteiger partial charge in [-0.2, -0.15) is 15.1 Å². The molecule has 1 fully saturated rings. The minimum absolute atomic E-state index is 0.00535. The number of hydrogen-bond acceptors (Lipinski definition) is 16. The van der Waals surface area contributed by atoms with Gasteiger partial charge in [-0.3, -0.25) is 19.0 Å². The first-order valence-electron chi connectivity index (χ1n) is 24.3. The number of rotatable bonds is 26. The topological polar surface area (TPSA) is 289 Å². The molecule has 0 bridgehead atoms. The first-order chi connectivity index (χ1) is 35.1. The minimum atomic E-state index is -0.564. The van der Waals surface area contributed by atoms with E-state index in [4.69, 9.17) is 40.3 Å². The number of para-hydroxylation sites is 1. The standard InChI is InChI=1S/C49H62N14O9/c1-3-4-22-71-48-55-43(50)42-46(56-48)62(49(67)54-42)31-35-30-61(59-57-35)21-24-69-26-28-70-27-25-68-23-18-52-39(64)29-32(2)47(66)60-19-15-33(16-20-60)38-14-17-53-45-40(44(51)65)41(58-63(38)45)34-10-12-37(13-11-34)72-36-8-6-5-7-9-36/h5-13,30,33,38,53H,2-4,14-29,31H2,1H3,(H2,51,65)(H,52,64)(H,54,67)(H2,50,55,56). The highest BCUT2D eigenvalue weighted by Crippen LogP contribution is 2.40. The number of aromatic amines is 1. The summed E-state index contributed by atoms with van der Waals surface area (Å²) in [5.41, 5.74) is 14.6. The molecule has 3 amide bonds. The number of carbonyl (C=O) groups is 3. The molecule has 23 heteroatoms. The number of fused-ring (bicyclic) bond motifs is 2. The van der Waals surface area contributed by atoms with Crippen LogP contribution in [0.1, 0.15) is 67.5 Å². The Hall–Kier alpha value is -7.63. The van der Waals surface area contributed by atoms with E-state index in [9.17, 15) is 19.2 Å². The molecule has 1 saturated heterocycles. The number of imidazole rings is 1. The molecule has 8 rings (SSSR count). The van der Waals surface area contributed by atoms with Crippen LogP contribution in [0.2, 0.25) is 0 Å². The lowest BCUT2D eigenvalue weighted by atomic mass is 9.86. The second-order valence-electron chi connectivity index (χ2n) is 17.5. The smallest absolute Gasteiger partial charge is 0.328 e. The maximum atomic E-state index is 13.4. The van der Waals surface area contributed by atoms with E-state index in [-0.39, 0.29) is 67.3 Å². The van der Waals surface area contributed by atoms with Gasteiger partial charge in [0.2, 0.25) is 11.8 Å². The van der Waals surface area contributed by atoms with Gasteiger partial charge in [0.1, 0.15) is 39.8 Å². The first-order valence-corrected chi connectivity index (χ1v) is 24.3. The number of nitrogens with two attached hydrogens (primary N) is 2. The number of anilines is 2. The number of piperidine rings is 1. The van der Waals surface area contributed by atoms with E-state index in [0.29, 0.717) is 106 Å². The lowest BCUT2D eigenvalue weighted by molar-refractivity contribution is -0.130. The Labute approximate surface area is 415 Å². The van der Waals surface area contributed by atoms with Crippen molar-refractivity contribution in [1.29, 1.82) is 0 Å². The molecule has 6 heterocycles. The molecule has 23 nitrogen and oxygen atoms in total. The Bertz CT molecular complexity index is 2850. The van der Waals surface area contributed by atoms with Crippen LogP contribution in [0, 0.1) is 5.92 Å². The Morgan fingerprint density at radius 1 is 0.903 bits per heavy atom. The van der Waals surface area contributed by atoms with Crippen molar-refractivity contribution in [3.8, 4) is 28.8 Å². The summed E-state index contributed by atoms with van der Waals surface area (Å²) in [4.78, 5) is 64.6. The summed E-state index contributed by atoms with van der Waals surface area (Å²) >= 11 is 0. The number of nitrogens with one attached hydrogen (secondary N) is 3. The van der Waals surface area contributed by atoms with Crippen molar-refractivity contribution < 1.29 is 38.1 Å². The van der Waals surface area contributed by atoms with Crippen molar-refractivity contribution >= 4 is 40.5 Å². The van der Waals surface area contributed by atoms with Crippen LogP contribution in [0.5, 0.6) is 17.5 Å². The molecule has 6 aromatic rings. The number of benzene rings is 2. The van der Waals surface area contributed by atoms with Crippen LogP contribution in [0.3, 0.4) is 0 Å². The predicted molar refractivity (Wildman–Crippen MR) is 265 cm³/mol. The second-order valence-corrected chi connectivity index (χ2v) is 17.5. The average Bonchev–Trinajstić information content (AvgIpc) is 4.10. The van der Waals surface area contributed by atoms with Crippen LogP contribution >= 0.6 is 0 Å². The number of likely N-dealkylation sites (tertiary alicyclic amines) is 1. The summed E-state index contributed by atoms with van der Waals surface area (Å²) in [5, 5.41) is 19.4. The van der Waals surface area contributed by atoms with Crippen molar-refractivity contribution in [1.82, 2.24) is 54.5 Å². The molecule has 1 unspecified atom stereocenters. The Balaban J connectivity index is 0.676. The van der Waals surface area contributed by atoms with Crippen molar-refractivity contribution in [2.45, 2.75) is 64.6 Å². The Morgan fingerprint density at radius 2 is 1.62 bits per heavy atom. The molecule has 7 N–H and O–H groups in total. The molecular formula is C49H62N14O9. The molecule has 0 radical (unpaired) electrons. The summed E-state index contributed by atoms with van der Waals surface area (Å²) in [6.07, 6.45) is 5.66. The van der Waals surface area contributed by atoms with E-state index < -0.39 is 11.6 Å².